The molecule has 3 aliphatic rings. The van der Waals surface area contributed by atoms with E-state index in [2.05, 4.69) is 32.1 Å². The van der Waals surface area contributed by atoms with Gasteiger partial charge in [0, 0.05) is 98.9 Å². The summed E-state index contributed by atoms with van der Waals surface area (Å²) in [4.78, 5) is 25.5. The van der Waals surface area contributed by atoms with Crippen LogP contribution in [0.1, 0.15) is 44.1 Å². The molecule has 3 fully saturated rings. The first-order valence-corrected chi connectivity index (χ1v) is 16.7. The van der Waals surface area contributed by atoms with Crippen molar-refractivity contribution in [3.63, 3.8) is 0 Å². The lowest BCUT2D eigenvalue weighted by molar-refractivity contribution is -0.127. The molecular weight excluding hydrogens is 621 g/mol. The van der Waals surface area contributed by atoms with E-state index in [1.165, 1.54) is 30.8 Å². The molecule has 0 aliphatic carbocycles. The number of anilines is 2. The quantitative estimate of drug-likeness (QED) is 0.181. The number of aromatic nitrogens is 2. The highest BCUT2D eigenvalue weighted by Gasteiger charge is 2.27. The molecule has 0 radical (unpaired) electrons. The Morgan fingerprint density at radius 2 is 1.83 bits per heavy atom. The van der Waals surface area contributed by atoms with Gasteiger partial charge in [-0.2, -0.15) is 0 Å². The summed E-state index contributed by atoms with van der Waals surface area (Å²) in [5, 5.41) is 15.9. The average molecular weight is 662 g/mol. The highest BCUT2D eigenvalue weighted by atomic mass is 35.5. The maximum atomic E-state index is 13.8. The van der Waals surface area contributed by atoms with Crippen LogP contribution in [0.3, 0.4) is 0 Å². The Labute approximate surface area is 279 Å². The van der Waals surface area contributed by atoms with Gasteiger partial charge < -0.3 is 35.3 Å². The number of hydrogen-bond acceptors (Lipinski definition) is 9. The Morgan fingerprint density at radius 3 is 2.53 bits per heavy atom. The number of piperidine rings is 2. The molecular formula is C35H41ClFN7O3. The predicted octanol–water partition coefficient (Wildman–Crippen LogP) is 5.95. The van der Waals surface area contributed by atoms with Crippen molar-refractivity contribution in [3.8, 4) is 5.75 Å². The van der Waals surface area contributed by atoms with Crippen molar-refractivity contribution in [1.29, 1.82) is 5.41 Å². The lowest BCUT2D eigenvalue weighted by Crippen LogP contribution is -2.47. The first kappa shape index (κ1) is 32.9. The largest absolute Gasteiger partial charge is 0.490 e. The van der Waals surface area contributed by atoms with E-state index in [9.17, 15) is 9.18 Å². The number of benzene rings is 2. The number of carbonyl (C=O) groups is 1. The molecule has 0 unspecified atom stereocenters. The summed E-state index contributed by atoms with van der Waals surface area (Å²) in [6.45, 7) is 8.53. The molecule has 4 heterocycles. The van der Waals surface area contributed by atoms with Gasteiger partial charge in [-0.1, -0.05) is 18.2 Å². The number of likely N-dealkylation sites (tertiary alicyclic amines) is 2. The van der Waals surface area contributed by atoms with Gasteiger partial charge in [-0.15, -0.1) is 0 Å². The Kier molecular flexibility index (Phi) is 10.6. The van der Waals surface area contributed by atoms with Crippen LogP contribution in [-0.4, -0.2) is 89.5 Å². The molecule has 0 saturated carbocycles. The fourth-order valence-electron chi connectivity index (χ4n) is 6.61. The SMILES string of the molecule is C=CC(=O)N1CCC(Oc2cc3c(Nc4ccc(F)c(Cl)c4)ncnc3cc2/C(C=N)=C/NC2CCN(C3CCOCC3)CC2)CC1. The monoisotopic (exact) mass is 661 g/mol. The molecule has 0 bridgehead atoms. The fourth-order valence-corrected chi connectivity index (χ4v) is 6.79. The lowest BCUT2D eigenvalue weighted by Gasteiger charge is -2.39. The van der Waals surface area contributed by atoms with Crippen molar-refractivity contribution < 1.29 is 18.7 Å². The Hall–Kier alpha value is -4.06. The van der Waals surface area contributed by atoms with Gasteiger partial charge in [0.2, 0.25) is 5.91 Å². The number of fused-ring (bicyclic) bond motifs is 1. The van der Waals surface area contributed by atoms with Crippen molar-refractivity contribution in [1.82, 2.24) is 25.1 Å². The van der Waals surface area contributed by atoms with Crippen LogP contribution in [0, 0.1) is 11.2 Å². The minimum atomic E-state index is -0.504. The Balaban J connectivity index is 1.26. The van der Waals surface area contributed by atoms with Crippen molar-refractivity contribution in [2.45, 2.75) is 56.7 Å². The van der Waals surface area contributed by atoms with Crippen LogP contribution in [-0.2, 0) is 9.53 Å². The summed E-state index contributed by atoms with van der Waals surface area (Å²) in [7, 11) is 0. The summed E-state index contributed by atoms with van der Waals surface area (Å²) in [6.07, 6.45) is 11.5. The number of halogens is 2. The number of hydrogen-bond donors (Lipinski definition) is 3. The molecule has 47 heavy (non-hydrogen) atoms. The van der Waals surface area contributed by atoms with E-state index in [0.29, 0.717) is 71.7 Å². The topological polar surface area (TPSA) is 116 Å². The minimum Gasteiger partial charge on any atom is -0.490 e. The second kappa shape index (κ2) is 15.2. The van der Waals surface area contributed by atoms with Gasteiger partial charge in [-0.05, 0) is 62.1 Å². The number of carbonyl (C=O) groups excluding carboxylic acids is 1. The molecule has 1 amide bonds. The third-order valence-electron chi connectivity index (χ3n) is 9.32. The van der Waals surface area contributed by atoms with Gasteiger partial charge in [0.25, 0.3) is 0 Å². The zero-order valence-corrected chi connectivity index (χ0v) is 27.1. The van der Waals surface area contributed by atoms with Crippen LogP contribution in [0.2, 0.25) is 5.02 Å². The van der Waals surface area contributed by atoms with Crippen molar-refractivity contribution in [2.24, 2.45) is 0 Å². The first-order chi connectivity index (χ1) is 22.9. The molecule has 10 nitrogen and oxygen atoms in total. The molecule has 248 valence electrons. The molecule has 3 N–H and O–H groups in total. The van der Waals surface area contributed by atoms with Gasteiger partial charge in [0.05, 0.1) is 10.5 Å². The van der Waals surface area contributed by atoms with E-state index < -0.39 is 5.82 Å². The number of allylic oxidation sites excluding steroid dienone is 1. The standard InChI is InChI=1S/C35H41ClFN7O3/c1-2-34(45)44-13-7-27(8-14-44)47-33-19-29-32(40-22-41-35(29)42-25-3-4-31(37)30(36)17-25)18-28(33)23(20-38)21-39-24-5-11-43(12-6-24)26-9-15-46-16-10-26/h2-4,17-22,24,26-27,38-39H,1,5-16H2,(H,40,41,42)/b23-21+,38-20?. The lowest BCUT2D eigenvalue weighted by atomic mass is 9.99. The van der Waals surface area contributed by atoms with Gasteiger partial charge >= 0.3 is 0 Å². The van der Waals surface area contributed by atoms with Gasteiger partial charge in [0.15, 0.2) is 0 Å². The Morgan fingerprint density at radius 1 is 1.06 bits per heavy atom. The van der Waals surface area contributed by atoms with E-state index >= 15 is 0 Å². The fraction of sp³-hybridized carbons (Fsp3) is 0.429. The van der Waals surface area contributed by atoms with Crippen LogP contribution in [0.15, 0.2) is 55.5 Å². The van der Waals surface area contributed by atoms with Crippen LogP contribution in [0.4, 0.5) is 15.9 Å². The third kappa shape index (κ3) is 7.91. The second-order valence-corrected chi connectivity index (χ2v) is 12.7. The molecule has 6 rings (SSSR count). The summed E-state index contributed by atoms with van der Waals surface area (Å²) in [5.41, 5.74) is 2.64. The number of rotatable bonds is 10. The zero-order chi connectivity index (χ0) is 32.8. The van der Waals surface area contributed by atoms with Crippen molar-refractivity contribution >= 4 is 51.7 Å². The number of amides is 1. The third-order valence-corrected chi connectivity index (χ3v) is 9.61. The summed E-state index contributed by atoms with van der Waals surface area (Å²) >= 11 is 6.03. The maximum Gasteiger partial charge on any atom is 0.245 e. The molecule has 1 aromatic heterocycles. The van der Waals surface area contributed by atoms with Crippen LogP contribution in [0.5, 0.6) is 5.75 Å². The van der Waals surface area contributed by atoms with Crippen molar-refractivity contribution in [2.75, 3.05) is 44.7 Å². The predicted molar refractivity (Wildman–Crippen MR) is 183 cm³/mol. The van der Waals surface area contributed by atoms with E-state index in [-0.39, 0.29) is 17.0 Å². The zero-order valence-electron chi connectivity index (χ0n) is 26.4. The van der Waals surface area contributed by atoms with Crippen LogP contribution >= 0.6 is 11.6 Å². The molecule has 0 atom stereocenters. The molecule has 0 spiro atoms. The number of ether oxygens (including phenoxy) is 2. The molecule has 3 aliphatic heterocycles. The number of nitrogens with zero attached hydrogens (tertiary/aromatic N) is 4. The number of nitrogens with one attached hydrogen (secondary N) is 3. The Bertz CT molecular complexity index is 1630. The van der Waals surface area contributed by atoms with E-state index in [0.717, 1.165) is 57.6 Å². The van der Waals surface area contributed by atoms with Gasteiger partial charge in [-0.25, -0.2) is 14.4 Å². The highest BCUT2D eigenvalue weighted by molar-refractivity contribution is 6.31. The van der Waals surface area contributed by atoms with Gasteiger partial charge in [0.1, 0.15) is 29.8 Å². The average Bonchev–Trinajstić information content (AvgIpc) is 3.11. The van der Waals surface area contributed by atoms with Gasteiger partial charge in [-0.3, -0.25) is 4.79 Å². The molecule has 3 saturated heterocycles. The van der Waals surface area contributed by atoms with Crippen LogP contribution in [0.25, 0.3) is 16.5 Å². The molecule has 3 aromatic rings. The van der Waals surface area contributed by atoms with E-state index in [1.807, 2.05) is 18.3 Å². The summed E-state index contributed by atoms with van der Waals surface area (Å²) in [5.74, 6) is 0.514. The normalized spacial score (nSPS) is 19.0. The minimum absolute atomic E-state index is 0.00321. The maximum absolute atomic E-state index is 13.8. The van der Waals surface area contributed by atoms with E-state index in [1.54, 1.807) is 11.0 Å². The first-order valence-electron chi connectivity index (χ1n) is 16.3. The van der Waals surface area contributed by atoms with Crippen LogP contribution < -0.4 is 15.4 Å². The summed E-state index contributed by atoms with van der Waals surface area (Å²) < 4.78 is 26.0. The summed E-state index contributed by atoms with van der Waals surface area (Å²) in [6, 6.07) is 9.11. The molecule has 12 heteroatoms. The van der Waals surface area contributed by atoms with E-state index in [4.69, 9.17) is 26.5 Å². The smallest absolute Gasteiger partial charge is 0.245 e. The second-order valence-electron chi connectivity index (χ2n) is 12.3. The highest BCUT2D eigenvalue weighted by Crippen LogP contribution is 2.35. The molecule has 2 aromatic carbocycles. The van der Waals surface area contributed by atoms with Crippen molar-refractivity contribution in [3.05, 3.63) is 71.9 Å².